The van der Waals surface area contributed by atoms with Crippen molar-refractivity contribution in [3.05, 3.63) is 64.6 Å². The lowest BCUT2D eigenvalue weighted by Crippen LogP contribution is -2.30. The van der Waals surface area contributed by atoms with Crippen LogP contribution < -0.4 is 9.47 Å². The second-order valence-electron chi connectivity index (χ2n) is 7.13. The third-order valence-electron chi connectivity index (χ3n) is 4.97. The van der Waals surface area contributed by atoms with E-state index in [1.54, 1.807) is 36.1 Å². The maximum Gasteiger partial charge on any atom is 0.344 e. The quantitative estimate of drug-likeness (QED) is 0.393. The molecular weight excluding hydrogens is 446 g/mol. The zero-order valence-corrected chi connectivity index (χ0v) is 19.7. The first-order valence-electron chi connectivity index (χ1n) is 10.3. The Kier molecular flexibility index (Phi) is 7.93. The third kappa shape index (κ3) is 5.31. The molecule has 0 saturated carbocycles. The molecule has 0 spiro atoms. The Morgan fingerprint density at radius 1 is 1.19 bits per heavy atom. The molecule has 8 heteroatoms. The van der Waals surface area contributed by atoms with Crippen LogP contribution in [0.2, 0.25) is 0 Å². The number of thiocarbonyl (C=S) groups is 1. The van der Waals surface area contributed by atoms with E-state index in [-0.39, 0.29) is 11.9 Å². The topological polar surface area (TPSA) is 76.1 Å². The molecule has 2 unspecified atom stereocenters. The molecule has 1 N–H and O–H groups in total. The molecule has 0 radical (unpaired) electrons. The summed E-state index contributed by atoms with van der Waals surface area (Å²) in [5.41, 5.74) is 1.74. The number of carboxylic acids is 1. The number of rotatable bonds is 9. The Balaban J connectivity index is 1.86. The monoisotopic (exact) mass is 471 g/mol. The van der Waals surface area contributed by atoms with E-state index in [4.69, 9.17) is 21.7 Å². The van der Waals surface area contributed by atoms with E-state index in [1.165, 1.54) is 11.8 Å². The molecule has 1 aliphatic rings. The summed E-state index contributed by atoms with van der Waals surface area (Å²) >= 11 is 6.75. The van der Waals surface area contributed by atoms with Crippen molar-refractivity contribution in [2.75, 3.05) is 6.61 Å². The van der Waals surface area contributed by atoms with E-state index in [2.05, 4.69) is 0 Å². The van der Waals surface area contributed by atoms with Gasteiger partial charge < -0.3 is 14.6 Å². The number of hydrogen-bond donors (Lipinski definition) is 1. The highest BCUT2D eigenvalue weighted by Gasteiger charge is 2.36. The zero-order valence-electron chi connectivity index (χ0n) is 18.1. The second-order valence-corrected chi connectivity index (χ2v) is 8.81. The van der Waals surface area contributed by atoms with Crippen molar-refractivity contribution < 1.29 is 24.2 Å². The summed E-state index contributed by atoms with van der Waals surface area (Å²) in [7, 11) is 0. The van der Waals surface area contributed by atoms with Gasteiger partial charge in [-0.05, 0) is 49.6 Å². The van der Waals surface area contributed by atoms with Crippen LogP contribution in [0.3, 0.4) is 0 Å². The zero-order chi connectivity index (χ0) is 23.3. The molecule has 168 valence electrons. The number of thioether (sulfide) groups is 1. The van der Waals surface area contributed by atoms with E-state index >= 15 is 0 Å². The van der Waals surface area contributed by atoms with E-state index in [1.807, 2.05) is 44.2 Å². The summed E-state index contributed by atoms with van der Waals surface area (Å²) in [6, 6.07) is 14.7. The van der Waals surface area contributed by atoms with Crippen LogP contribution in [0.4, 0.5) is 0 Å². The molecule has 2 aromatic carbocycles. The highest BCUT2D eigenvalue weighted by molar-refractivity contribution is 8.26. The maximum absolute atomic E-state index is 13.1. The highest BCUT2D eigenvalue weighted by atomic mass is 32.2. The van der Waals surface area contributed by atoms with Crippen LogP contribution in [0.1, 0.15) is 44.4 Å². The van der Waals surface area contributed by atoms with Gasteiger partial charge in [0.05, 0.1) is 17.6 Å². The molecular formula is C24H25NO5S2. The summed E-state index contributed by atoms with van der Waals surface area (Å²) in [4.78, 5) is 26.6. The van der Waals surface area contributed by atoms with Crippen molar-refractivity contribution in [3.63, 3.8) is 0 Å². The predicted octanol–water partition coefficient (Wildman–Crippen LogP) is 5.29. The van der Waals surface area contributed by atoms with E-state index < -0.39 is 12.1 Å². The number of carbonyl (C=O) groups is 2. The number of nitrogens with zero attached hydrogens (tertiary/aromatic N) is 1. The van der Waals surface area contributed by atoms with Crippen molar-refractivity contribution in [2.24, 2.45) is 0 Å². The van der Waals surface area contributed by atoms with Crippen LogP contribution in [0.15, 0.2) is 53.4 Å². The molecule has 1 heterocycles. The standard InChI is InChI=1S/C24H25NO5S2/c1-4-18(23(27)28)30-19-12-11-16(13-20(19)29-5-2)14-21-22(26)25(24(31)32-21)15(3)17-9-7-6-8-10-17/h6-15,18H,4-5H2,1-3H3,(H,27,28)/b21-14+. The van der Waals surface area contributed by atoms with Gasteiger partial charge in [-0.3, -0.25) is 9.69 Å². The van der Waals surface area contributed by atoms with E-state index in [0.717, 1.165) is 11.1 Å². The SMILES string of the molecule is CCOc1cc(/C=C2/SC(=S)N(C(C)c3ccccc3)C2=O)ccc1OC(CC)C(=O)O. The normalized spacial score (nSPS) is 16.8. The minimum absolute atomic E-state index is 0.147. The van der Waals surface area contributed by atoms with Crippen molar-refractivity contribution in [1.29, 1.82) is 0 Å². The largest absolute Gasteiger partial charge is 0.490 e. The average Bonchev–Trinajstić information content (AvgIpc) is 3.06. The Morgan fingerprint density at radius 3 is 2.53 bits per heavy atom. The van der Waals surface area contributed by atoms with Gasteiger partial charge in [0.25, 0.3) is 5.91 Å². The van der Waals surface area contributed by atoms with Gasteiger partial charge in [-0.1, -0.05) is 67.3 Å². The first-order valence-corrected chi connectivity index (χ1v) is 11.6. The molecule has 2 aromatic rings. The fourth-order valence-corrected chi connectivity index (χ4v) is 4.71. The van der Waals surface area contributed by atoms with E-state index in [0.29, 0.717) is 33.8 Å². The molecule has 1 saturated heterocycles. The van der Waals surface area contributed by atoms with Gasteiger partial charge in [-0.25, -0.2) is 4.79 Å². The van der Waals surface area contributed by atoms with Gasteiger partial charge in [-0.15, -0.1) is 0 Å². The molecule has 1 amide bonds. The van der Waals surface area contributed by atoms with Gasteiger partial charge in [0, 0.05) is 0 Å². The number of amides is 1. The molecule has 0 aromatic heterocycles. The summed E-state index contributed by atoms with van der Waals surface area (Å²) in [5, 5.41) is 9.27. The van der Waals surface area contributed by atoms with Crippen LogP contribution in [-0.2, 0) is 9.59 Å². The molecule has 32 heavy (non-hydrogen) atoms. The number of carboxylic acid groups (broad SMARTS) is 1. The first kappa shape index (κ1) is 23.8. The molecule has 1 fully saturated rings. The minimum atomic E-state index is -1.03. The van der Waals surface area contributed by atoms with Gasteiger partial charge >= 0.3 is 5.97 Å². The van der Waals surface area contributed by atoms with Gasteiger partial charge in [-0.2, -0.15) is 0 Å². The number of hydrogen-bond acceptors (Lipinski definition) is 6. The van der Waals surface area contributed by atoms with Crippen molar-refractivity contribution in [3.8, 4) is 11.5 Å². The third-order valence-corrected chi connectivity index (χ3v) is 6.30. The van der Waals surface area contributed by atoms with Crippen molar-refractivity contribution in [1.82, 2.24) is 4.90 Å². The number of carbonyl (C=O) groups excluding carboxylic acids is 1. The molecule has 2 atom stereocenters. The molecule has 3 rings (SSSR count). The summed E-state index contributed by atoms with van der Waals surface area (Å²) in [6.07, 6.45) is 1.12. The van der Waals surface area contributed by atoms with Gasteiger partial charge in [0.15, 0.2) is 17.6 Å². The van der Waals surface area contributed by atoms with E-state index in [9.17, 15) is 14.7 Å². The van der Waals surface area contributed by atoms with Crippen LogP contribution in [0.5, 0.6) is 11.5 Å². The summed E-state index contributed by atoms with van der Waals surface area (Å²) < 4.78 is 11.8. The van der Waals surface area contributed by atoms with Crippen LogP contribution >= 0.6 is 24.0 Å². The molecule has 6 nitrogen and oxygen atoms in total. The number of aliphatic carboxylic acids is 1. The Bertz CT molecular complexity index is 1040. The highest BCUT2D eigenvalue weighted by Crippen LogP contribution is 2.39. The molecule has 0 aliphatic carbocycles. The predicted molar refractivity (Wildman–Crippen MR) is 130 cm³/mol. The average molecular weight is 472 g/mol. The van der Waals surface area contributed by atoms with Crippen LogP contribution in [-0.4, -0.2) is 38.9 Å². The van der Waals surface area contributed by atoms with Crippen molar-refractivity contribution in [2.45, 2.75) is 39.3 Å². The van der Waals surface area contributed by atoms with Crippen molar-refractivity contribution >= 4 is 46.3 Å². The second kappa shape index (κ2) is 10.7. The fourth-order valence-electron chi connectivity index (χ4n) is 3.29. The molecule has 0 bridgehead atoms. The Labute approximate surface area is 197 Å². The number of ether oxygens (including phenoxy) is 2. The smallest absolute Gasteiger partial charge is 0.344 e. The summed E-state index contributed by atoms with van der Waals surface area (Å²) in [6.45, 7) is 5.92. The van der Waals surface area contributed by atoms with Crippen LogP contribution in [0, 0.1) is 0 Å². The lowest BCUT2D eigenvalue weighted by atomic mass is 10.1. The first-order chi connectivity index (χ1) is 15.3. The number of benzene rings is 2. The maximum atomic E-state index is 13.1. The fraction of sp³-hybridized carbons (Fsp3) is 0.292. The lowest BCUT2D eigenvalue weighted by Gasteiger charge is -2.23. The van der Waals surface area contributed by atoms with Crippen LogP contribution in [0.25, 0.3) is 6.08 Å². The Morgan fingerprint density at radius 2 is 1.91 bits per heavy atom. The van der Waals surface area contributed by atoms with Gasteiger partial charge in [0.2, 0.25) is 0 Å². The lowest BCUT2D eigenvalue weighted by molar-refractivity contribution is -0.145. The Hall–Kier alpha value is -2.84. The minimum Gasteiger partial charge on any atom is -0.490 e. The summed E-state index contributed by atoms with van der Waals surface area (Å²) in [5.74, 6) is -0.403. The molecule has 1 aliphatic heterocycles. The van der Waals surface area contributed by atoms with Gasteiger partial charge in [0.1, 0.15) is 4.32 Å².